The molecule has 0 saturated carbocycles. The van der Waals surface area contributed by atoms with Gasteiger partial charge >= 0.3 is 0 Å². The highest BCUT2D eigenvalue weighted by molar-refractivity contribution is 7.89. The number of ether oxygens (including phenoxy) is 1. The fraction of sp³-hybridized carbons (Fsp3) is 0.263. The van der Waals surface area contributed by atoms with Crippen LogP contribution in [0.2, 0.25) is 0 Å². The lowest BCUT2D eigenvalue weighted by molar-refractivity contribution is -0.123. The largest absolute Gasteiger partial charge is 0.484 e. The van der Waals surface area contributed by atoms with E-state index in [-0.39, 0.29) is 36.3 Å². The molecule has 0 heterocycles. The molecule has 0 spiro atoms. The average molecular weight is 405 g/mol. The number of hydrogen-bond donors (Lipinski definition) is 3. The molecule has 3 N–H and O–H groups in total. The van der Waals surface area contributed by atoms with Crippen LogP contribution in [0.5, 0.6) is 5.75 Å². The Hall–Kier alpha value is -2.91. The highest BCUT2D eigenvalue weighted by atomic mass is 32.2. The Kier molecular flexibility index (Phi) is 7.97. The number of anilines is 1. The molecule has 8 nitrogen and oxygen atoms in total. The number of likely N-dealkylation sites (N-methyl/N-ethyl adjacent to an activating group) is 1. The van der Waals surface area contributed by atoms with E-state index in [0.29, 0.717) is 18.0 Å². The molecule has 0 aliphatic carbocycles. The number of nitrogens with one attached hydrogen (secondary N) is 3. The zero-order valence-electron chi connectivity index (χ0n) is 15.5. The minimum atomic E-state index is -3.64. The Morgan fingerprint density at radius 3 is 2.46 bits per heavy atom. The normalized spacial score (nSPS) is 10.9. The van der Waals surface area contributed by atoms with E-state index >= 15 is 0 Å². The van der Waals surface area contributed by atoms with Crippen molar-refractivity contribution in [3.63, 3.8) is 0 Å². The van der Waals surface area contributed by atoms with Crippen LogP contribution in [0.15, 0.2) is 59.5 Å². The minimum absolute atomic E-state index is 0.0313. The molecule has 0 unspecified atom stereocenters. The van der Waals surface area contributed by atoms with Crippen molar-refractivity contribution >= 4 is 27.5 Å². The first-order chi connectivity index (χ1) is 13.4. The van der Waals surface area contributed by atoms with Gasteiger partial charge in [-0.3, -0.25) is 9.59 Å². The number of amides is 2. The Morgan fingerprint density at radius 2 is 1.75 bits per heavy atom. The molecular formula is C19H23N3O5S. The van der Waals surface area contributed by atoms with E-state index in [2.05, 4.69) is 15.4 Å². The molecule has 2 aromatic rings. The topological polar surface area (TPSA) is 114 Å². The summed E-state index contributed by atoms with van der Waals surface area (Å²) in [7, 11) is -3.64. The standard InChI is InChI=1S/C19H23N3O5S/c1-2-20-19(24)14-27-16-8-6-7-15(13-16)22-18(23)11-12-21-28(25,26)17-9-4-3-5-10-17/h3-10,13,21H,2,11-12,14H2,1H3,(H,20,24)(H,22,23). The van der Waals surface area contributed by atoms with Crippen LogP contribution in [0.25, 0.3) is 0 Å². The van der Waals surface area contributed by atoms with Crippen LogP contribution in [0.4, 0.5) is 5.69 Å². The molecule has 0 fully saturated rings. The van der Waals surface area contributed by atoms with Crippen molar-refractivity contribution in [2.24, 2.45) is 0 Å². The van der Waals surface area contributed by atoms with Gasteiger partial charge in [-0.15, -0.1) is 0 Å². The summed E-state index contributed by atoms with van der Waals surface area (Å²) < 4.78 is 31.9. The molecule has 0 aliphatic rings. The maximum absolute atomic E-state index is 12.1. The lowest BCUT2D eigenvalue weighted by atomic mass is 10.3. The number of hydrogen-bond acceptors (Lipinski definition) is 5. The van der Waals surface area contributed by atoms with E-state index in [9.17, 15) is 18.0 Å². The van der Waals surface area contributed by atoms with Crippen molar-refractivity contribution in [1.29, 1.82) is 0 Å². The maximum atomic E-state index is 12.1. The van der Waals surface area contributed by atoms with E-state index in [1.165, 1.54) is 12.1 Å². The Morgan fingerprint density at radius 1 is 1.00 bits per heavy atom. The monoisotopic (exact) mass is 405 g/mol. The van der Waals surface area contributed by atoms with Gasteiger partial charge < -0.3 is 15.4 Å². The van der Waals surface area contributed by atoms with Crippen molar-refractivity contribution in [3.8, 4) is 5.75 Å². The van der Waals surface area contributed by atoms with Gasteiger partial charge in [-0.25, -0.2) is 13.1 Å². The summed E-state index contributed by atoms with van der Waals surface area (Å²) in [6.07, 6.45) is -0.0317. The zero-order valence-corrected chi connectivity index (χ0v) is 16.3. The smallest absolute Gasteiger partial charge is 0.257 e. The number of rotatable bonds is 10. The molecule has 2 rings (SSSR count). The number of benzene rings is 2. The van der Waals surface area contributed by atoms with Crippen LogP contribution in [-0.2, 0) is 19.6 Å². The van der Waals surface area contributed by atoms with E-state index < -0.39 is 10.0 Å². The van der Waals surface area contributed by atoms with Crippen LogP contribution in [0.1, 0.15) is 13.3 Å². The van der Waals surface area contributed by atoms with Crippen molar-refractivity contribution in [2.75, 3.05) is 25.0 Å². The van der Waals surface area contributed by atoms with Gasteiger partial charge in [0.1, 0.15) is 5.75 Å². The van der Waals surface area contributed by atoms with Gasteiger partial charge in [0.15, 0.2) is 6.61 Å². The average Bonchev–Trinajstić information content (AvgIpc) is 2.67. The van der Waals surface area contributed by atoms with E-state index in [0.717, 1.165) is 0 Å². The van der Waals surface area contributed by atoms with Gasteiger partial charge in [-0.2, -0.15) is 0 Å². The summed E-state index contributed by atoms with van der Waals surface area (Å²) >= 11 is 0. The molecule has 0 aromatic heterocycles. The lowest BCUT2D eigenvalue weighted by Crippen LogP contribution is -2.28. The number of carbonyl (C=O) groups excluding carboxylic acids is 2. The molecule has 0 atom stereocenters. The van der Waals surface area contributed by atoms with Gasteiger partial charge in [-0.05, 0) is 31.2 Å². The van der Waals surface area contributed by atoms with E-state index in [4.69, 9.17) is 4.74 Å². The molecule has 150 valence electrons. The molecule has 2 amide bonds. The zero-order chi connectivity index (χ0) is 20.4. The Labute approximate surface area is 164 Å². The Balaban J connectivity index is 1.81. The SMILES string of the molecule is CCNC(=O)COc1cccc(NC(=O)CCNS(=O)(=O)c2ccccc2)c1. The first kappa shape index (κ1) is 21.4. The maximum Gasteiger partial charge on any atom is 0.257 e. The molecule has 0 radical (unpaired) electrons. The number of carbonyl (C=O) groups is 2. The van der Waals surface area contributed by atoms with Gasteiger partial charge in [0.05, 0.1) is 4.90 Å². The van der Waals surface area contributed by atoms with Crippen molar-refractivity contribution in [3.05, 3.63) is 54.6 Å². The van der Waals surface area contributed by atoms with Gasteiger partial charge in [0.25, 0.3) is 5.91 Å². The molecule has 0 aliphatic heterocycles. The summed E-state index contributed by atoms with van der Waals surface area (Å²) in [5, 5.41) is 5.29. The van der Waals surface area contributed by atoms with Gasteiger partial charge in [0, 0.05) is 31.3 Å². The van der Waals surface area contributed by atoms with Gasteiger partial charge in [0.2, 0.25) is 15.9 Å². The van der Waals surface area contributed by atoms with Crippen molar-refractivity contribution < 1.29 is 22.7 Å². The fourth-order valence-corrected chi connectivity index (χ4v) is 3.32. The highest BCUT2D eigenvalue weighted by Crippen LogP contribution is 2.17. The first-order valence-corrected chi connectivity index (χ1v) is 10.2. The van der Waals surface area contributed by atoms with Crippen LogP contribution in [0.3, 0.4) is 0 Å². The molecule has 0 bridgehead atoms. The molecular weight excluding hydrogens is 382 g/mol. The van der Waals surface area contributed by atoms with Crippen LogP contribution < -0.4 is 20.1 Å². The predicted octanol–water partition coefficient (Wildman–Crippen LogP) is 1.51. The van der Waals surface area contributed by atoms with Crippen LogP contribution in [-0.4, -0.2) is 39.9 Å². The molecule has 28 heavy (non-hydrogen) atoms. The Bertz CT molecular complexity index is 901. The predicted molar refractivity (Wildman–Crippen MR) is 105 cm³/mol. The number of sulfonamides is 1. The van der Waals surface area contributed by atoms with E-state index in [1.54, 1.807) is 42.5 Å². The molecule has 0 saturated heterocycles. The second-order valence-electron chi connectivity index (χ2n) is 5.78. The minimum Gasteiger partial charge on any atom is -0.484 e. The third-order valence-electron chi connectivity index (χ3n) is 3.56. The first-order valence-electron chi connectivity index (χ1n) is 8.75. The van der Waals surface area contributed by atoms with E-state index in [1.807, 2.05) is 6.92 Å². The summed E-state index contributed by atoms with van der Waals surface area (Å²) in [5.41, 5.74) is 0.490. The van der Waals surface area contributed by atoms with Crippen molar-refractivity contribution in [1.82, 2.24) is 10.0 Å². The molecule has 2 aromatic carbocycles. The van der Waals surface area contributed by atoms with Crippen LogP contribution in [0, 0.1) is 0 Å². The van der Waals surface area contributed by atoms with Gasteiger partial charge in [-0.1, -0.05) is 24.3 Å². The van der Waals surface area contributed by atoms with Crippen LogP contribution >= 0.6 is 0 Å². The second kappa shape index (κ2) is 10.4. The molecule has 9 heteroatoms. The summed E-state index contributed by atoms with van der Waals surface area (Å²) in [6, 6.07) is 14.5. The summed E-state index contributed by atoms with van der Waals surface area (Å²) in [5.74, 6) is -0.145. The lowest BCUT2D eigenvalue weighted by Gasteiger charge is -2.10. The third-order valence-corrected chi connectivity index (χ3v) is 5.04. The summed E-state index contributed by atoms with van der Waals surface area (Å²) in [6.45, 7) is 2.18. The fourth-order valence-electron chi connectivity index (χ4n) is 2.27. The highest BCUT2D eigenvalue weighted by Gasteiger charge is 2.13. The van der Waals surface area contributed by atoms with Crippen molar-refractivity contribution in [2.45, 2.75) is 18.2 Å². The summed E-state index contributed by atoms with van der Waals surface area (Å²) in [4.78, 5) is 23.6. The second-order valence-corrected chi connectivity index (χ2v) is 7.55. The third kappa shape index (κ3) is 7.01. The quantitative estimate of drug-likeness (QED) is 0.554.